The first-order valence-corrected chi connectivity index (χ1v) is 9.26. The fraction of sp³-hybridized carbons (Fsp3) is 0.333. The number of aliphatic hydroxyl groups excluding tert-OH is 1. The van der Waals surface area contributed by atoms with Crippen molar-refractivity contribution in [3.8, 4) is 11.1 Å². The van der Waals surface area contributed by atoms with Crippen molar-refractivity contribution in [2.24, 2.45) is 7.05 Å². The number of aromatic nitrogens is 4. The molecule has 3 aromatic heterocycles. The van der Waals surface area contributed by atoms with Crippen molar-refractivity contribution in [1.29, 1.82) is 0 Å². The summed E-state index contributed by atoms with van der Waals surface area (Å²) in [5.41, 5.74) is 4.58. The average Bonchev–Trinajstić information content (AvgIpc) is 3.28. The number of aryl methyl sites for hydroxylation is 1. The number of hydrogen-bond donors (Lipinski definition) is 2. The number of hydrogen-bond acceptors (Lipinski definition) is 3. The molecule has 1 aliphatic carbocycles. The van der Waals surface area contributed by atoms with E-state index in [4.69, 9.17) is 0 Å². The van der Waals surface area contributed by atoms with Gasteiger partial charge in [0.15, 0.2) is 0 Å². The van der Waals surface area contributed by atoms with Crippen LogP contribution in [0.1, 0.15) is 37.2 Å². The Bertz CT molecular complexity index is 1090. The number of nitrogens with one attached hydrogen (secondary N) is 1. The van der Waals surface area contributed by atoms with E-state index < -0.39 is 0 Å². The zero-order valence-corrected chi connectivity index (χ0v) is 14.8. The number of rotatable bonds is 2. The van der Waals surface area contributed by atoms with Gasteiger partial charge in [-0.25, -0.2) is 4.98 Å². The van der Waals surface area contributed by atoms with Crippen molar-refractivity contribution < 1.29 is 5.11 Å². The summed E-state index contributed by atoms with van der Waals surface area (Å²) in [7, 11) is 1.94. The van der Waals surface area contributed by atoms with E-state index in [2.05, 4.69) is 39.5 Å². The fourth-order valence-electron chi connectivity index (χ4n) is 4.29. The molecule has 0 aliphatic heterocycles. The standard InChI is InChI=1S/C21H22N4O/c1-25-12-16(10-24-25)14-2-3-15-9-22-21-20(18(15)8-14)19(11-23-21)13-4-6-17(26)7-5-13/h2-3,8-13,17,26H,4-7H2,1H3,(H,22,23). The molecule has 1 aliphatic rings. The molecule has 0 saturated heterocycles. The molecule has 1 fully saturated rings. The second kappa shape index (κ2) is 5.95. The third kappa shape index (κ3) is 2.51. The van der Waals surface area contributed by atoms with E-state index in [1.165, 1.54) is 21.9 Å². The van der Waals surface area contributed by atoms with Crippen molar-refractivity contribution in [2.75, 3.05) is 0 Å². The minimum absolute atomic E-state index is 0.136. The molecule has 5 nitrogen and oxygen atoms in total. The summed E-state index contributed by atoms with van der Waals surface area (Å²) in [6.45, 7) is 0. The lowest BCUT2D eigenvalue weighted by atomic mass is 9.82. The Morgan fingerprint density at radius 3 is 2.73 bits per heavy atom. The van der Waals surface area contributed by atoms with Crippen molar-refractivity contribution in [3.63, 3.8) is 0 Å². The molecule has 0 unspecified atom stereocenters. The van der Waals surface area contributed by atoms with Gasteiger partial charge in [-0.05, 0) is 54.2 Å². The summed E-state index contributed by atoms with van der Waals surface area (Å²) in [4.78, 5) is 7.99. The number of aromatic amines is 1. The molecule has 0 atom stereocenters. The van der Waals surface area contributed by atoms with Crippen molar-refractivity contribution >= 4 is 21.8 Å². The number of aliphatic hydroxyl groups is 1. The predicted molar refractivity (Wildman–Crippen MR) is 103 cm³/mol. The van der Waals surface area contributed by atoms with Crippen LogP contribution in [-0.2, 0) is 7.05 Å². The molecule has 0 amide bonds. The van der Waals surface area contributed by atoms with Crippen molar-refractivity contribution in [3.05, 3.63) is 48.5 Å². The molecule has 0 bridgehead atoms. The highest BCUT2D eigenvalue weighted by Crippen LogP contribution is 2.39. The van der Waals surface area contributed by atoms with Crippen LogP contribution >= 0.6 is 0 Å². The maximum atomic E-state index is 9.85. The Labute approximate surface area is 151 Å². The van der Waals surface area contributed by atoms with Gasteiger partial charge in [0.1, 0.15) is 5.65 Å². The van der Waals surface area contributed by atoms with Gasteiger partial charge in [-0.3, -0.25) is 4.68 Å². The fourth-order valence-corrected chi connectivity index (χ4v) is 4.29. The van der Waals surface area contributed by atoms with Gasteiger partial charge >= 0.3 is 0 Å². The lowest BCUT2D eigenvalue weighted by Crippen LogP contribution is -2.16. The normalized spacial score (nSPS) is 20.8. The highest BCUT2D eigenvalue weighted by molar-refractivity contribution is 6.07. The second-order valence-corrected chi connectivity index (χ2v) is 7.44. The van der Waals surface area contributed by atoms with E-state index in [0.717, 1.165) is 42.3 Å². The molecule has 26 heavy (non-hydrogen) atoms. The number of H-pyrrole nitrogens is 1. The van der Waals surface area contributed by atoms with Crippen LogP contribution in [0.4, 0.5) is 0 Å². The maximum Gasteiger partial charge on any atom is 0.138 e. The Morgan fingerprint density at radius 1 is 1.12 bits per heavy atom. The van der Waals surface area contributed by atoms with Crippen molar-refractivity contribution in [2.45, 2.75) is 37.7 Å². The SMILES string of the molecule is Cn1cc(-c2ccc3cnc4[nH]cc(C5CCC(O)CC5)c4c3c2)cn1. The topological polar surface area (TPSA) is 66.7 Å². The molecule has 4 aromatic rings. The average molecular weight is 346 g/mol. The molecule has 0 spiro atoms. The first-order chi connectivity index (χ1) is 12.7. The number of pyridine rings is 1. The number of fused-ring (bicyclic) bond motifs is 3. The van der Waals surface area contributed by atoms with Gasteiger partial charge in [0.05, 0.1) is 12.3 Å². The summed E-state index contributed by atoms with van der Waals surface area (Å²) in [6.07, 6.45) is 11.7. The van der Waals surface area contributed by atoms with E-state index in [-0.39, 0.29) is 6.10 Å². The Balaban J connectivity index is 1.68. The molecular weight excluding hydrogens is 324 g/mol. The Morgan fingerprint density at radius 2 is 1.96 bits per heavy atom. The van der Waals surface area contributed by atoms with Crippen LogP contribution < -0.4 is 0 Å². The molecule has 1 aromatic carbocycles. The second-order valence-electron chi connectivity index (χ2n) is 7.44. The summed E-state index contributed by atoms with van der Waals surface area (Å²) in [6, 6.07) is 6.53. The quantitative estimate of drug-likeness (QED) is 0.573. The molecule has 5 heteroatoms. The van der Waals surface area contributed by atoms with Crippen LogP contribution in [0.15, 0.2) is 43.0 Å². The smallest absolute Gasteiger partial charge is 0.138 e. The van der Waals surface area contributed by atoms with E-state index in [0.29, 0.717) is 5.92 Å². The van der Waals surface area contributed by atoms with Crippen LogP contribution in [0.3, 0.4) is 0 Å². The van der Waals surface area contributed by atoms with Crippen LogP contribution in [0.2, 0.25) is 0 Å². The van der Waals surface area contributed by atoms with Gasteiger partial charge in [0, 0.05) is 42.0 Å². The lowest BCUT2D eigenvalue weighted by molar-refractivity contribution is 0.123. The molecule has 0 radical (unpaired) electrons. The largest absolute Gasteiger partial charge is 0.393 e. The summed E-state index contributed by atoms with van der Waals surface area (Å²) in [5, 5.41) is 17.8. The molecule has 3 heterocycles. The highest BCUT2D eigenvalue weighted by Gasteiger charge is 2.24. The lowest BCUT2D eigenvalue weighted by Gasteiger charge is -2.25. The van der Waals surface area contributed by atoms with Crippen LogP contribution in [0.25, 0.3) is 32.9 Å². The maximum absolute atomic E-state index is 9.85. The van der Waals surface area contributed by atoms with Crippen molar-refractivity contribution in [1.82, 2.24) is 19.7 Å². The van der Waals surface area contributed by atoms with Crippen LogP contribution in [-0.4, -0.2) is 31.0 Å². The summed E-state index contributed by atoms with van der Waals surface area (Å²) >= 11 is 0. The molecule has 132 valence electrons. The van der Waals surface area contributed by atoms with Gasteiger partial charge in [0.25, 0.3) is 0 Å². The third-order valence-electron chi connectivity index (χ3n) is 5.72. The minimum atomic E-state index is -0.136. The summed E-state index contributed by atoms with van der Waals surface area (Å²) in [5.74, 6) is 0.488. The zero-order chi connectivity index (χ0) is 17.7. The van der Waals surface area contributed by atoms with Gasteiger partial charge < -0.3 is 10.1 Å². The number of nitrogens with zero attached hydrogens (tertiary/aromatic N) is 3. The van der Waals surface area contributed by atoms with Crippen LogP contribution in [0.5, 0.6) is 0 Å². The highest BCUT2D eigenvalue weighted by atomic mass is 16.3. The van der Waals surface area contributed by atoms with Gasteiger partial charge in [-0.1, -0.05) is 12.1 Å². The monoisotopic (exact) mass is 346 g/mol. The molecule has 2 N–H and O–H groups in total. The first-order valence-electron chi connectivity index (χ1n) is 9.26. The molecule has 1 saturated carbocycles. The third-order valence-corrected chi connectivity index (χ3v) is 5.72. The van der Waals surface area contributed by atoms with E-state index in [1.54, 1.807) is 0 Å². The van der Waals surface area contributed by atoms with Gasteiger partial charge in [-0.2, -0.15) is 5.10 Å². The Kier molecular flexibility index (Phi) is 3.57. The van der Waals surface area contributed by atoms with Gasteiger partial charge in [-0.15, -0.1) is 0 Å². The molecule has 5 rings (SSSR count). The molecular formula is C21H22N4O. The van der Waals surface area contributed by atoms with Gasteiger partial charge in [0.2, 0.25) is 0 Å². The summed E-state index contributed by atoms with van der Waals surface area (Å²) < 4.78 is 1.83. The minimum Gasteiger partial charge on any atom is -0.393 e. The van der Waals surface area contributed by atoms with E-state index in [9.17, 15) is 5.11 Å². The van der Waals surface area contributed by atoms with E-state index >= 15 is 0 Å². The Hall–Kier alpha value is -2.66. The van der Waals surface area contributed by atoms with Crippen LogP contribution in [0, 0.1) is 0 Å². The predicted octanol–water partition coefficient (Wildman–Crippen LogP) is 4.14. The first kappa shape index (κ1) is 15.6. The zero-order valence-electron chi connectivity index (χ0n) is 14.8. The number of benzene rings is 1. The van der Waals surface area contributed by atoms with E-state index in [1.807, 2.05) is 30.3 Å².